The van der Waals surface area contributed by atoms with Crippen LogP contribution in [0.15, 0.2) is 0 Å². The number of piperidine rings is 1. The predicted octanol–water partition coefficient (Wildman–Crippen LogP) is 0.147. The number of carboxylic acid groups (broad SMARTS) is 1. The van der Waals surface area contributed by atoms with E-state index in [-0.39, 0.29) is 6.04 Å². The average Bonchev–Trinajstić information content (AvgIpc) is 2.98. The number of carbonyl (C=O) groups is 1. The summed E-state index contributed by atoms with van der Waals surface area (Å²) in [4.78, 5) is 10.3. The van der Waals surface area contributed by atoms with Crippen molar-refractivity contribution in [2.45, 2.75) is 25.3 Å². The molecule has 14 heavy (non-hydrogen) atoms. The van der Waals surface area contributed by atoms with Crippen molar-refractivity contribution >= 4 is 6.09 Å². The lowest BCUT2D eigenvalue weighted by Crippen LogP contribution is -2.55. The number of hydrazine groups is 1. The van der Waals surface area contributed by atoms with E-state index in [0.29, 0.717) is 5.92 Å². The summed E-state index contributed by atoms with van der Waals surface area (Å²) in [6, 6.07) is 0.257. The van der Waals surface area contributed by atoms with Crippen molar-refractivity contribution in [2.24, 2.45) is 11.8 Å². The largest absolute Gasteiger partial charge is 0.464 e. The number of amides is 1. The lowest BCUT2D eigenvalue weighted by molar-refractivity contribution is 0.174. The van der Waals surface area contributed by atoms with Crippen molar-refractivity contribution in [3.63, 3.8) is 0 Å². The van der Waals surface area contributed by atoms with E-state index < -0.39 is 6.09 Å². The van der Waals surface area contributed by atoms with E-state index in [2.05, 4.69) is 16.2 Å². The van der Waals surface area contributed by atoms with Gasteiger partial charge in [0.15, 0.2) is 0 Å². The first kappa shape index (κ1) is 9.73. The van der Waals surface area contributed by atoms with Crippen LogP contribution >= 0.6 is 0 Å². The molecule has 0 aromatic carbocycles. The highest BCUT2D eigenvalue weighted by Crippen LogP contribution is 2.40. The van der Waals surface area contributed by atoms with Gasteiger partial charge < -0.3 is 10.4 Å². The number of nitrogens with one attached hydrogen (secondary N) is 3. The topological polar surface area (TPSA) is 73.4 Å². The molecule has 5 heteroatoms. The predicted molar refractivity (Wildman–Crippen MR) is 51.8 cm³/mol. The fraction of sp³-hybridized carbons (Fsp3) is 0.889. The summed E-state index contributed by atoms with van der Waals surface area (Å²) in [5.41, 5.74) is 5.13. The number of hydrogen-bond acceptors (Lipinski definition) is 3. The Bertz CT molecular complexity index is 218. The van der Waals surface area contributed by atoms with E-state index in [4.69, 9.17) is 5.11 Å². The monoisotopic (exact) mass is 199 g/mol. The van der Waals surface area contributed by atoms with Gasteiger partial charge in [-0.15, -0.1) is 0 Å². The van der Waals surface area contributed by atoms with Crippen molar-refractivity contribution in [3.05, 3.63) is 0 Å². The van der Waals surface area contributed by atoms with Crippen LogP contribution in [0.25, 0.3) is 0 Å². The van der Waals surface area contributed by atoms with Gasteiger partial charge in [0.2, 0.25) is 0 Å². The molecule has 1 saturated heterocycles. The Hall–Kier alpha value is -0.810. The summed E-state index contributed by atoms with van der Waals surface area (Å²) in [5, 5.41) is 11.8. The van der Waals surface area contributed by atoms with Crippen LogP contribution in [0.3, 0.4) is 0 Å². The molecule has 1 heterocycles. The van der Waals surface area contributed by atoms with Gasteiger partial charge in [0.25, 0.3) is 0 Å². The maximum atomic E-state index is 10.3. The van der Waals surface area contributed by atoms with E-state index in [9.17, 15) is 4.79 Å². The van der Waals surface area contributed by atoms with E-state index in [0.717, 1.165) is 25.4 Å². The molecule has 5 nitrogen and oxygen atoms in total. The lowest BCUT2D eigenvalue weighted by atomic mass is 9.89. The van der Waals surface area contributed by atoms with Crippen LogP contribution in [-0.4, -0.2) is 30.3 Å². The molecular formula is C9H17N3O2. The summed E-state index contributed by atoms with van der Waals surface area (Å²) >= 11 is 0. The highest BCUT2D eigenvalue weighted by Gasteiger charge is 2.37. The molecule has 2 rings (SSSR count). The van der Waals surface area contributed by atoms with Gasteiger partial charge in [-0.2, -0.15) is 0 Å². The van der Waals surface area contributed by atoms with Crippen LogP contribution in [0.1, 0.15) is 19.3 Å². The molecule has 1 amide bonds. The molecule has 0 radical (unpaired) electrons. The molecule has 2 atom stereocenters. The van der Waals surface area contributed by atoms with Crippen LogP contribution in [0.2, 0.25) is 0 Å². The zero-order chi connectivity index (χ0) is 9.97. The molecule has 1 saturated carbocycles. The van der Waals surface area contributed by atoms with Gasteiger partial charge in [-0.1, -0.05) is 0 Å². The second kappa shape index (κ2) is 4.14. The van der Waals surface area contributed by atoms with E-state index in [1.807, 2.05) is 0 Å². The number of rotatable bonds is 3. The molecule has 0 spiro atoms. The highest BCUT2D eigenvalue weighted by atomic mass is 16.4. The first-order valence-corrected chi connectivity index (χ1v) is 5.22. The third-order valence-electron chi connectivity index (χ3n) is 3.13. The lowest BCUT2D eigenvalue weighted by Gasteiger charge is -2.32. The molecule has 80 valence electrons. The Kier molecular flexibility index (Phi) is 2.88. The van der Waals surface area contributed by atoms with Gasteiger partial charge in [0.1, 0.15) is 0 Å². The van der Waals surface area contributed by atoms with E-state index in [1.165, 1.54) is 12.8 Å². The smallest absolute Gasteiger partial charge is 0.419 e. The van der Waals surface area contributed by atoms with Crippen molar-refractivity contribution in [1.82, 2.24) is 16.2 Å². The Labute approximate surface area is 83.2 Å². The Morgan fingerprint density at radius 1 is 1.36 bits per heavy atom. The van der Waals surface area contributed by atoms with E-state index >= 15 is 0 Å². The SMILES string of the molecule is O=C(O)NNC1CNCCC1C1CC1. The fourth-order valence-electron chi connectivity index (χ4n) is 2.28. The van der Waals surface area contributed by atoms with Gasteiger partial charge in [-0.3, -0.25) is 5.43 Å². The minimum absolute atomic E-state index is 0.257. The zero-order valence-corrected chi connectivity index (χ0v) is 8.12. The highest BCUT2D eigenvalue weighted by molar-refractivity contribution is 5.63. The maximum absolute atomic E-state index is 10.3. The third kappa shape index (κ3) is 2.36. The minimum atomic E-state index is -1.01. The van der Waals surface area contributed by atoms with Crippen LogP contribution in [0.4, 0.5) is 4.79 Å². The zero-order valence-electron chi connectivity index (χ0n) is 8.12. The Morgan fingerprint density at radius 3 is 2.79 bits per heavy atom. The van der Waals surface area contributed by atoms with Gasteiger partial charge in [0.05, 0.1) is 0 Å². The van der Waals surface area contributed by atoms with Crippen molar-refractivity contribution in [3.8, 4) is 0 Å². The second-order valence-corrected chi connectivity index (χ2v) is 4.18. The van der Waals surface area contributed by atoms with Gasteiger partial charge in [-0.25, -0.2) is 10.2 Å². The summed E-state index contributed by atoms with van der Waals surface area (Å²) in [7, 11) is 0. The van der Waals surface area contributed by atoms with Crippen LogP contribution in [0, 0.1) is 11.8 Å². The third-order valence-corrected chi connectivity index (χ3v) is 3.13. The molecule has 1 aliphatic carbocycles. The average molecular weight is 199 g/mol. The van der Waals surface area contributed by atoms with Crippen molar-refractivity contribution in [1.29, 1.82) is 0 Å². The maximum Gasteiger partial charge on any atom is 0.419 e. The molecule has 2 unspecified atom stereocenters. The van der Waals surface area contributed by atoms with Crippen LogP contribution in [0.5, 0.6) is 0 Å². The molecule has 0 aromatic rings. The molecule has 0 aromatic heterocycles. The Morgan fingerprint density at radius 2 is 2.14 bits per heavy atom. The summed E-state index contributed by atoms with van der Waals surface area (Å²) in [6.07, 6.45) is 2.78. The van der Waals surface area contributed by atoms with Crippen molar-refractivity contribution in [2.75, 3.05) is 13.1 Å². The van der Waals surface area contributed by atoms with Crippen molar-refractivity contribution < 1.29 is 9.90 Å². The molecule has 0 bridgehead atoms. The molecule has 2 fully saturated rings. The molecule has 4 N–H and O–H groups in total. The van der Waals surface area contributed by atoms with Crippen LogP contribution < -0.4 is 16.2 Å². The molecular weight excluding hydrogens is 182 g/mol. The first-order valence-electron chi connectivity index (χ1n) is 5.22. The summed E-state index contributed by atoms with van der Waals surface area (Å²) in [6.45, 7) is 1.92. The first-order chi connectivity index (χ1) is 6.77. The quantitative estimate of drug-likeness (QED) is 0.488. The van der Waals surface area contributed by atoms with Gasteiger partial charge in [-0.05, 0) is 37.6 Å². The van der Waals surface area contributed by atoms with Gasteiger partial charge >= 0.3 is 6.09 Å². The summed E-state index contributed by atoms with van der Waals surface area (Å²) in [5.74, 6) is 1.47. The van der Waals surface area contributed by atoms with Crippen LogP contribution in [-0.2, 0) is 0 Å². The van der Waals surface area contributed by atoms with Gasteiger partial charge in [0, 0.05) is 12.6 Å². The fourth-order valence-corrected chi connectivity index (χ4v) is 2.28. The number of hydrogen-bond donors (Lipinski definition) is 4. The molecule has 1 aliphatic heterocycles. The Balaban J connectivity index is 1.82. The summed E-state index contributed by atoms with van der Waals surface area (Å²) < 4.78 is 0. The normalized spacial score (nSPS) is 32.6. The standard InChI is InChI=1S/C9H17N3O2/c13-9(14)12-11-8-5-10-4-3-7(8)6-1-2-6/h6-8,10-12H,1-5H2,(H,13,14). The molecule has 2 aliphatic rings. The second-order valence-electron chi connectivity index (χ2n) is 4.18. The van der Waals surface area contributed by atoms with E-state index in [1.54, 1.807) is 0 Å². The minimum Gasteiger partial charge on any atom is -0.464 e.